The second-order valence-electron chi connectivity index (χ2n) is 4.45. The van der Waals surface area contributed by atoms with Crippen molar-refractivity contribution in [3.8, 4) is 11.4 Å². The van der Waals surface area contributed by atoms with Gasteiger partial charge in [0.25, 0.3) is 0 Å². The summed E-state index contributed by atoms with van der Waals surface area (Å²) in [5.41, 5.74) is 1.62. The van der Waals surface area contributed by atoms with Gasteiger partial charge in [-0.3, -0.25) is 4.79 Å². The zero-order chi connectivity index (χ0) is 13.1. The quantitative estimate of drug-likeness (QED) is 0.899. The molecule has 0 bridgehead atoms. The van der Waals surface area contributed by atoms with Gasteiger partial charge >= 0.3 is 0 Å². The molecule has 2 rings (SSSR count). The Balaban J connectivity index is 2.38. The van der Waals surface area contributed by atoms with E-state index in [0.717, 1.165) is 17.1 Å². The summed E-state index contributed by atoms with van der Waals surface area (Å²) in [6.45, 7) is 3.72. The van der Waals surface area contributed by atoms with Crippen LogP contribution in [0.15, 0.2) is 30.6 Å². The van der Waals surface area contributed by atoms with Gasteiger partial charge in [0, 0.05) is 18.5 Å². The second kappa shape index (κ2) is 5.00. The van der Waals surface area contributed by atoms with Crippen LogP contribution < -0.4 is 5.32 Å². The lowest BCUT2D eigenvalue weighted by atomic mass is 10.1. The Hall–Kier alpha value is -2.17. The number of amides is 1. The van der Waals surface area contributed by atoms with Crippen LogP contribution >= 0.6 is 0 Å². The van der Waals surface area contributed by atoms with Gasteiger partial charge in [-0.05, 0) is 12.1 Å². The molecule has 1 heterocycles. The summed E-state index contributed by atoms with van der Waals surface area (Å²) in [6, 6.07) is 7.58. The number of aryl methyl sites for hydroxylation is 1. The summed E-state index contributed by atoms with van der Waals surface area (Å²) in [4.78, 5) is 11.8. The lowest BCUT2D eigenvalue weighted by Crippen LogP contribution is -2.18. The zero-order valence-electron chi connectivity index (χ0n) is 10.7. The maximum atomic E-state index is 11.8. The number of hydrogen-bond donors (Lipinski definition) is 1. The number of aromatic nitrogens is 3. The third-order valence-corrected chi connectivity index (χ3v) is 2.66. The molecular formula is C13H16N4O. The van der Waals surface area contributed by atoms with E-state index in [-0.39, 0.29) is 11.8 Å². The molecule has 0 radical (unpaired) electrons. The molecule has 1 N–H and O–H groups in total. The summed E-state index contributed by atoms with van der Waals surface area (Å²) in [5, 5.41) is 10.8. The number of benzene rings is 1. The minimum atomic E-state index is -0.0578. The van der Waals surface area contributed by atoms with Crippen LogP contribution in [0.5, 0.6) is 0 Å². The van der Waals surface area contributed by atoms with Crippen molar-refractivity contribution < 1.29 is 4.79 Å². The normalized spacial score (nSPS) is 10.7. The van der Waals surface area contributed by atoms with Crippen LogP contribution in [0.25, 0.3) is 11.4 Å². The minimum Gasteiger partial charge on any atom is -0.325 e. The molecule has 0 saturated heterocycles. The molecular weight excluding hydrogens is 228 g/mol. The number of rotatable bonds is 3. The fourth-order valence-electron chi connectivity index (χ4n) is 1.59. The zero-order valence-corrected chi connectivity index (χ0v) is 10.7. The van der Waals surface area contributed by atoms with Crippen molar-refractivity contribution in [2.24, 2.45) is 13.0 Å². The lowest BCUT2D eigenvalue weighted by Gasteiger charge is -2.11. The van der Waals surface area contributed by atoms with E-state index in [1.54, 1.807) is 6.33 Å². The number of hydrogen-bond acceptors (Lipinski definition) is 3. The van der Waals surface area contributed by atoms with E-state index in [1.807, 2.05) is 49.7 Å². The van der Waals surface area contributed by atoms with Gasteiger partial charge < -0.3 is 9.88 Å². The van der Waals surface area contributed by atoms with Crippen LogP contribution in [-0.2, 0) is 11.8 Å². The van der Waals surface area contributed by atoms with Gasteiger partial charge in [0.2, 0.25) is 5.91 Å². The third-order valence-electron chi connectivity index (χ3n) is 2.66. The van der Waals surface area contributed by atoms with Crippen LogP contribution in [-0.4, -0.2) is 20.7 Å². The molecule has 1 amide bonds. The highest BCUT2D eigenvalue weighted by molar-refractivity contribution is 5.95. The first kappa shape index (κ1) is 12.3. The average Bonchev–Trinajstić information content (AvgIpc) is 2.76. The number of para-hydroxylation sites is 1. The van der Waals surface area contributed by atoms with Gasteiger partial charge in [-0.1, -0.05) is 26.0 Å². The highest BCUT2D eigenvalue weighted by atomic mass is 16.1. The van der Waals surface area contributed by atoms with Crippen LogP contribution in [0.1, 0.15) is 13.8 Å². The largest absolute Gasteiger partial charge is 0.325 e. The standard InChI is InChI=1S/C13H16N4O/c1-9(2)13(18)15-11-7-5-4-6-10(11)12-16-14-8-17(12)3/h4-9H,1-3H3,(H,15,18). The maximum absolute atomic E-state index is 11.8. The number of anilines is 1. The Bertz CT molecular complexity index is 560. The fraction of sp³-hybridized carbons (Fsp3) is 0.308. The van der Waals surface area contributed by atoms with Crippen molar-refractivity contribution in [2.75, 3.05) is 5.32 Å². The molecule has 5 nitrogen and oxygen atoms in total. The molecule has 2 aromatic rings. The van der Waals surface area contributed by atoms with Crippen molar-refractivity contribution in [1.29, 1.82) is 0 Å². The Morgan fingerprint density at radius 3 is 2.67 bits per heavy atom. The molecule has 1 aromatic carbocycles. The van der Waals surface area contributed by atoms with Crippen LogP contribution in [0.3, 0.4) is 0 Å². The molecule has 1 aromatic heterocycles. The van der Waals surface area contributed by atoms with Crippen LogP contribution in [0.2, 0.25) is 0 Å². The predicted molar refractivity (Wildman–Crippen MR) is 69.9 cm³/mol. The van der Waals surface area contributed by atoms with Gasteiger partial charge in [-0.15, -0.1) is 10.2 Å². The number of nitrogens with zero attached hydrogens (tertiary/aromatic N) is 3. The number of carbonyl (C=O) groups is 1. The Labute approximate surface area is 106 Å². The lowest BCUT2D eigenvalue weighted by molar-refractivity contribution is -0.118. The SMILES string of the molecule is CC(C)C(=O)Nc1ccccc1-c1nncn1C. The maximum Gasteiger partial charge on any atom is 0.226 e. The Morgan fingerprint density at radius 2 is 2.06 bits per heavy atom. The summed E-state index contributed by atoms with van der Waals surface area (Å²) in [5.74, 6) is 0.664. The highest BCUT2D eigenvalue weighted by Crippen LogP contribution is 2.25. The van der Waals surface area contributed by atoms with Gasteiger partial charge in [0.15, 0.2) is 5.82 Å². The van der Waals surface area contributed by atoms with Gasteiger partial charge in [0.05, 0.1) is 5.69 Å². The van der Waals surface area contributed by atoms with E-state index in [9.17, 15) is 4.79 Å². The van der Waals surface area contributed by atoms with E-state index >= 15 is 0 Å². The molecule has 0 saturated carbocycles. The number of carbonyl (C=O) groups excluding carboxylic acids is 1. The van der Waals surface area contributed by atoms with E-state index in [4.69, 9.17) is 0 Å². The van der Waals surface area contributed by atoms with Gasteiger partial charge in [-0.25, -0.2) is 0 Å². The summed E-state index contributed by atoms with van der Waals surface area (Å²) in [6.07, 6.45) is 1.64. The fourth-order valence-corrected chi connectivity index (χ4v) is 1.59. The molecule has 0 unspecified atom stereocenters. The Kier molecular flexibility index (Phi) is 3.41. The smallest absolute Gasteiger partial charge is 0.226 e. The molecule has 0 spiro atoms. The Morgan fingerprint density at radius 1 is 1.33 bits per heavy atom. The first-order valence-electron chi connectivity index (χ1n) is 5.84. The number of nitrogens with one attached hydrogen (secondary N) is 1. The van der Waals surface area contributed by atoms with E-state index < -0.39 is 0 Å². The minimum absolute atomic E-state index is 0.00961. The topological polar surface area (TPSA) is 59.8 Å². The monoisotopic (exact) mass is 244 g/mol. The van der Waals surface area contributed by atoms with Gasteiger partial charge in [-0.2, -0.15) is 0 Å². The summed E-state index contributed by atoms with van der Waals surface area (Å²) in [7, 11) is 1.87. The van der Waals surface area contributed by atoms with Crippen molar-refractivity contribution in [3.63, 3.8) is 0 Å². The van der Waals surface area contributed by atoms with Crippen LogP contribution in [0, 0.1) is 5.92 Å². The highest BCUT2D eigenvalue weighted by Gasteiger charge is 2.13. The molecule has 0 atom stereocenters. The second-order valence-corrected chi connectivity index (χ2v) is 4.45. The molecule has 0 aliphatic rings. The first-order valence-corrected chi connectivity index (χ1v) is 5.84. The van der Waals surface area contributed by atoms with Crippen molar-refractivity contribution in [3.05, 3.63) is 30.6 Å². The summed E-state index contributed by atoms with van der Waals surface area (Å²) < 4.78 is 1.82. The van der Waals surface area contributed by atoms with E-state index in [2.05, 4.69) is 15.5 Å². The predicted octanol–water partition coefficient (Wildman–Crippen LogP) is 2.08. The van der Waals surface area contributed by atoms with Gasteiger partial charge in [0.1, 0.15) is 6.33 Å². The third kappa shape index (κ3) is 2.40. The van der Waals surface area contributed by atoms with Crippen molar-refractivity contribution in [1.82, 2.24) is 14.8 Å². The first-order chi connectivity index (χ1) is 8.59. The molecule has 0 fully saturated rings. The van der Waals surface area contributed by atoms with Crippen molar-refractivity contribution >= 4 is 11.6 Å². The molecule has 18 heavy (non-hydrogen) atoms. The molecule has 5 heteroatoms. The van der Waals surface area contributed by atoms with E-state index in [0.29, 0.717) is 0 Å². The van der Waals surface area contributed by atoms with Crippen LogP contribution in [0.4, 0.5) is 5.69 Å². The van der Waals surface area contributed by atoms with Crippen molar-refractivity contribution in [2.45, 2.75) is 13.8 Å². The molecule has 0 aliphatic carbocycles. The molecule has 0 aliphatic heterocycles. The molecule has 94 valence electrons. The average molecular weight is 244 g/mol. The summed E-state index contributed by atoms with van der Waals surface area (Å²) >= 11 is 0. The van der Waals surface area contributed by atoms with E-state index in [1.165, 1.54) is 0 Å².